The minimum atomic E-state index is -0.339. The number of hydrogen-bond donors (Lipinski definition) is 0. The van der Waals surface area contributed by atoms with Gasteiger partial charge in [-0.1, -0.05) is 6.07 Å². The number of carbonyl (C=O) groups excluding carboxylic acids is 1. The van der Waals surface area contributed by atoms with Gasteiger partial charge in [-0.3, -0.25) is 19.6 Å². The van der Waals surface area contributed by atoms with Crippen LogP contribution in [0.25, 0.3) is 11.0 Å². The second kappa shape index (κ2) is 8.11. The molecule has 8 nitrogen and oxygen atoms in total. The lowest BCUT2D eigenvalue weighted by Crippen LogP contribution is -2.35. The zero-order chi connectivity index (χ0) is 21.3. The molecule has 1 amide bonds. The Kier molecular flexibility index (Phi) is 5.37. The molecule has 0 spiro atoms. The Morgan fingerprint density at radius 3 is 2.67 bits per heavy atom. The van der Waals surface area contributed by atoms with Gasteiger partial charge in [0.1, 0.15) is 16.6 Å². The van der Waals surface area contributed by atoms with Crippen molar-refractivity contribution in [3.63, 3.8) is 0 Å². The Labute approximate surface area is 177 Å². The van der Waals surface area contributed by atoms with E-state index in [4.69, 9.17) is 0 Å². The van der Waals surface area contributed by atoms with Crippen molar-refractivity contribution in [2.45, 2.75) is 26.9 Å². The van der Waals surface area contributed by atoms with E-state index < -0.39 is 0 Å². The van der Waals surface area contributed by atoms with Gasteiger partial charge < -0.3 is 9.47 Å². The predicted molar refractivity (Wildman–Crippen MR) is 115 cm³/mol. The highest BCUT2D eigenvalue weighted by Gasteiger charge is 2.20. The van der Waals surface area contributed by atoms with E-state index in [-0.39, 0.29) is 23.6 Å². The maximum Gasteiger partial charge on any atom is 0.264 e. The number of pyridine rings is 1. The van der Waals surface area contributed by atoms with Crippen LogP contribution in [0.3, 0.4) is 0 Å². The van der Waals surface area contributed by atoms with Crippen LogP contribution in [-0.4, -0.2) is 41.1 Å². The zero-order valence-corrected chi connectivity index (χ0v) is 17.7. The number of benzene rings is 1. The number of fused-ring (bicyclic) bond motifs is 1. The molecule has 152 valence electrons. The van der Waals surface area contributed by atoms with Crippen LogP contribution in [0.5, 0.6) is 0 Å². The second-order valence-electron chi connectivity index (χ2n) is 7.20. The normalized spacial score (nSPS) is 11.0. The van der Waals surface area contributed by atoms with E-state index in [2.05, 4.69) is 18.7 Å². The molecule has 30 heavy (non-hydrogen) atoms. The highest BCUT2D eigenvalue weighted by molar-refractivity contribution is 7.00. The van der Waals surface area contributed by atoms with Gasteiger partial charge in [-0.25, -0.2) is 0 Å². The number of carbonyl (C=O) groups is 1. The minimum absolute atomic E-state index is 0.163. The summed E-state index contributed by atoms with van der Waals surface area (Å²) in [4.78, 5) is 36.2. The molecule has 4 aromatic rings. The lowest BCUT2D eigenvalue weighted by Gasteiger charge is -2.19. The first-order valence-electron chi connectivity index (χ1n) is 9.36. The lowest BCUT2D eigenvalue weighted by atomic mass is 10.1. The van der Waals surface area contributed by atoms with Crippen LogP contribution in [0.2, 0.25) is 0 Å². The first-order valence-corrected chi connectivity index (χ1v) is 10.1. The van der Waals surface area contributed by atoms with E-state index in [1.165, 1.54) is 4.57 Å². The van der Waals surface area contributed by atoms with Gasteiger partial charge in [0, 0.05) is 26.0 Å². The summed E-state index contributed by atoms with van der Waals surface area (Å²) in [5, 5.41) is 0. The number of aromatic nitrogens is 5. The van der Waals surface area contributed by atoms with Gasteiger partial charge in [-0.05, 0) is 43.2 Å². The molecule has 0 aliphatic heterocycles. The molecule has 3 aromatic heterocycles. The van der Waals surface area contributed by atoms with Crippen LogP contribution in [0.15, 0.2) is 47.7 Å². The van der Waals surface area contributed by atoms with Crippen molar-refractivity contribution >= 4 is 28.7 Å². The average molecular weight is 420 g/mol. The largest absolute Gasteiger partial charge is 0.337 e. The summed E-state index contributed by atoms with van der Waals surface area (Å²) in [6, 6.07) is 7.49. The number of nitrogens with zero attached hydrogens (tertiary/aromatic N) is 6. The molecule has 3 heterocycles. The van der Waals surface area contributed by atoms with E-state index in [9.17, 15) is 9.59 Å². The smallest absolute Gasteiger partial charge is 0.264 e. The van der Waals surface area contributed by atoms with E-state index >= 15 is 0 Å². The Balaban J connectivity index is 1.59. The topological polar surface area (TPSA) is 93.9 Å². The van der Waals surface area contributed by atoms with Crippen LogP contribution in [0.4, 0.5) is 0 Å². The number of amides is 1. The van der Waals surface area contributed by atoms with Crippen LogP contribution in [0, 0.1) is 13.8 Å². The van der Waals surface area contributed by atoms with Crippen LogP contribution >= 0.6 is 11.7 Å². The quantitative estimate of drug-likeness (QED) is 0.493. The molecule has 0 aliphatic rings. The van der Waals surface area contributed by atoms with E-state index in [1.54, 1.807) is 43.5 Å². The Bertz CT molecular complexity index is 1280. The van der Waals surface area contributed by atoms with Gasteiger partial charge in [0.2, 0.25) is 0 Å². The molecule has 0 unspecified atom stereocenters. The van der Waals surface area contributed by atoms with E-state index in [0.717, 1.165) is 34.0 Å². The molecule has 0 saturated carbocycles. The molecule has 0 bridgehead atoms. The monoisotopic (exact) mass is 420 g/mol. The second-order valence-corrected chi connectivity index (χ2v) is 7.73. The predicted octanol–water partition coefficient (Wildman–Crippen LogP) is 2.58. The summed E-state index contributed by atoms with van der Waals surface area (Å²) in [6.07, 6.45) is 4.97. The van der Waals surface area contributed by atoms with Crippen molar-refractivity contribution in [2.75, 3.05) is 7.05 Å². The van der Waals surface area contributed by atoms with E-state index in [0.29, 0.717) is 17.8 Å². The summed E-state index contributed by atoms with van der Waals surface area (Å²) in [5.41, 5.74) is 4.49. The Morgan fingerprint density at radius 1 is 1.10 bits per heavy atom. The molecular weight excluding hydrogens is 400 g/mol. The highest BCUT2D eigenvalue weighted by atomic mass is 32.1. The molecule has 0 aliphatic carbocycles. The minimum Gasteiger partial charge on any atom is -0.337 e. The molecule has 9 heteroatoms. The van der Waals surface area contributed by atoms with Gasteiger partial charge in [0.25, 0.3) is 11.5 Å². The van der Waals surface area contributed by atoms with Gasteiger partial charge in [0.15, 0.2) is 0 Å². The molecule has 0 atom stereocenters. The average Bonchev–Trinajstić information content (AvgIpc) is 3.19. The van der Waals surface area contributed by atoms with Crippen molar-refractivity contribution in [2.24, 2.45) is 0 Å². The van der Waals surface area contributed by atoms with E-state index in [1.807, 2.05) is 25.1 Å². The summed E-state index contributed by atoms with van der Waals surface area (Å²) in [7, 11) is 1.69. The first-order chi connectivity index (χ1) is 14.4. The summed E-state index contributed by atoms with van der Waals surface area (Å²) < 4.78 is 9.91. The zero-order valence-electron chi connectivity index (χ0n) is 16.9. The molecule has 0 fully saturated rings. The molecular formula is C21H20N6O2S. The molecule has 0 saturated heterocycles. The maximum atomic E-state index is 13.1. The van der Waals surface area contributed by atoms with Crippen LogP contribution in [-0.2, 0) is 13.1 Å². The third kappa shape index (κ3) is 3.97. The number of rotatable bonds is 5. The van der Waals surface area contributed by atoms with Crippen molar-refractivity contribution in [3.8, 4) is 0 Å². The number of hydrogen-bond acceptors (Lipinski definition) is 7. The lowest BCUT2D eigenvalue weighted by molar-refractivity contribution is 0.0782. The Hall–Kier alpha value is -3.46. The van der Waals surface area contributed by atoms with Crippen molar-refractivity contribution < 1.29 is 4.79 Å². The summed E-state index contributed by atoms with van der Waals surface area (Å²) >= 11 is 1.16. The van der Waals surface area contributed by atoms with Gasteiger partial charge in [-0.2, -0.15) is 8.75 Å². The molecule has 0 radical (unpaired) electrons. The molecule has 4 rings (SSSR count). The fraction of sp³-hybridized carbons (Fsp3) is 0.238. The fourth-order valence-corrected chi connectivity index (χ4v) is 3.71. The fourth-order valence-electron chi connectivity index (χ4n) is 3.19. The maximum absolute atomic E-state index is 13.1. The van der Waals surface area contributed by atoms with Gasteiger partial charge in [-0.15, -0.1) is 0 Å². The molecule has 0 N–H and O–H groups in total. The van der Waals surface area contributed by atoms with Crippen molar-refractivity contribution in [1.29, 1.82) is 0 Å². The third-order valence-electron chi connectivity index (χ3n) is 4.84. The van der Waals surface area contributed by atoms with Gasteiger partial charge in [0.05, 0.1) is 35.9 Å². The van der Waals surface area contributed by atoms with Crippen LogP contribution in [0.1, 0.15) is 32.9 Å². The van der Waals surface area contributed by atoms with Crippen molar-refractivity contribution in [1.82, 2.24) is 28.2 Å². The summed E-state index contributed by atoms with van der Waals surface area (Å²) in [6.45, 7) is 4.24. The highest BCUT2D eigenvalue weighted by Crippen LogP contribution is 2.16. The SMILES string of the molecule is Cc1cnc(Cn2ccc(C)c(C(=O)N(C)Cc3ccc4nsnc4c3)c2=O)cn1. The molecule has 1 aromatic carbocycles. The number of aryl methyl sites for hydroxylation is 2. The standard InChI is InChI=1S/C21H20N6O2S/c1-13-6-7-27(12-16-10-22-14(2)9-23-16)21(29)19(13)20(28)26(3)11-15-4-5-17-18(8-15)25-30-24-17/h4-10H,11-12H2,1-3H3. The third-order valence-corrected chi connectivity index (χ3v) is 5.40. The first kappa shape index (κ1) is 19.8. The summed E-state index contributed by atoms with van der Waals surface area (Å²) in [5.74, 6) is -0.321. The van der Waals surface area contributed by atoms with Crippen molar-refractivity contribution in [3.05, 3.63) is 81.3 Å². The van der Waals surface area contributed by atoms with Gasteiger partial charge >= 0.3 is 0 Å². The van der Waals surface area contributed by atoms with Crippen LogP contribution < -0.4 is 5.56 Å². The Morgan fingerprint density at radius 2 is 1.90 bits per heavy atom.